The molecule has 2 aliphatic rings. The fraction of sp³-hybridized carbons (Fsp3) is 0.632. The Labute approximate surface area is 158 Å². The normalized spacial score (nSPS) is 24.1. The quantitative estimate of drug-likeness (QED) is 0.626. The van der Waals surface area contributed by atoms with Crippen LogP contribution in [0.3, 0.4) is 0 Å². The standard InChI is InChI=1S/C19H27F3N4O/c1-2-23-18(24-9-8-19(20,21)22)26-13-16-17(14-26)27-11-10-25(16)12-15-6-4-3-5-7-15/h3-7,16-17H,2,8-14H2,1H3,(H,23,24). The summed E-state index contributed by atoms with van der Waals surface area (Å²) in [5.41, 5.74) is 1.25. The lowest BCUT2D eigenvalue weighted by Gasteiger charge is -2.36. The minimum absolute atomic E-state index is 0.0499. The SMILES string of the molecule is CCNC(=NCCC(F)(F)F)N1CC2OCCN(Cc3ccccc3)C2C1. The van der Waals surface area contributed by atoms with Crippen molar-refractivity contribution >= 4 is 5.96 Å². The summed E-state index contributed by atoms with van der Waals surface area (Å²) >= 11 is 0. The van der Waals surface area contributed by atoms with Crippen LogP contribution < -0.4 is 5.32 Å². The maximum Gasteiger partial charge on any atom is 0.390 e. The molecule has 0 amide bonds. The molecular weight excluding hydrogens is 357 g/mol. The van der Waals surface area contributed by atoms with E-state index in [1.807, 2.05) is 30.0 Å². The molecule has 0 bridgehead atoms. The van der Waals surface area contributed by atoms with Crippen LogP contribution >= 0.6 is 0 Å². The maximum atomic E-state index is 12.4. The second kappa shape index (κ2) is 8.93. The minimum atomic E-state index is -4.19. The van der Waals surface area contributed by atoms with E-state index in [0.717, 1.165) is 13.1 Å². The highest BCUT2D eigenvalue weighted by molar-refractivity contribution is 5.80. The first-order chi connectivity index (χ1) is 13.0. The number of hydrogen-bond acceptors (Lipinski definition) is 3. The Hall–Kier alpha value is -1.80. The van der Waals surface area contributed by atoms with Crippen molar-refractivity contribution in [2.45, 2.75) is 38.2 Å². The smallest absolute Gasteiger partial charge is 0.373 e. The number of morpholine rings is 1. The van der Waals surface area contributed by atoms with Crippen LogP contribution in [0.15, 0.2) is 35.3 Å². The molecule has 5 nitrogen and oxygen atoms in total. The highest BCUT2D eigenvalue weighted by atomic mass is 19.4. The molecule has 1 N–H and O–H groups in total. The fourth-order valence-electron chi connectivity index (χ4n) is 3.66. The van der Waals surface area contributed by atoms with Crippen LogP contribution in [0.2, 0.25) is 0 Å². The van der Waals surface area contributed by atoms with E-state index in [1.165, 1.54) is 5.56 Å². The van der Waals surface area contributed by atoms with Gasteiger partial charge in [-0.15, -0.1) is 0 Å². The van der Waals surface area contributed by atoms with Crippen LogP contribution in [-0.2, 0) is 11.3 Å². The predicted molar refractivity (Wildman–Crippen MR) is 98.6 cm³/mol. The highest BCUT2D eigenvalue weighted by Gasteiger charge is 2.41. The molecule has 1 aromatic rings. The zero-order valence-corrected chi connectivity index (χ0v) is 15.6. The lowest BCUT2D eigenvalue weighted by atomic mass is 10.1. The molecule has 2 aliphatic heterocycles. The van der Waals surface area contributed by atoms with E-state index in [2.05, 4.69) is 27.3 Å². The van der Waals surface area contributed by atoms with Gasteiger partial charge >= 0.3 is 6.18 Å². The van der Waals surface area contributed by atoms with E-state index in [0.29, 0.717) is 32.2 Å². The average molecular weight is 384 g/mol. The number of nitrogens with one attached hydrogen (secondary N) is 1. The molecule has 2 atom stereocenters. The molecule has 0 aliphatic carbocycles. The summed E-state index contributed by atoms with van der Waals surface area (Å²) in [6, 6.07) is 10.5. The number of alkyl halides is 3. The number of halogens is 3. The van der Waals surface area contributed by atoms with Gasteiger partial charge in [-0.05, 0) is 12.5 Å². The molecule has 1 aromatic carbocycles. The first kappa shape index (κ1) is 19.9. The second-order valence-electron chi connectivity index (χ2n) is 6.94. The van der Waals surface area contributed by atoms with Gasteiger partial charge in [-0.3, -0.25) is 9.89 Å². The van der Waals surface area contributed by atoms with Crippen molar-refractivity contribution < 1.29 is 17.9 Å². The number of hydrogen-bond donors (Lipinski definition) is 1. The zero-order valence-electron chi connectivity index (χ0n) is 15.6. The third-order valence-electron chi connectivity index (χ3n) is 4.94. The monoisotopic (exact) mass is 384 g/mol. The highest BCUT2D eigenvalue weighted by Crippen LogP contribution is 2.25. The number of aliphatic imine (C=N–C) groups is 1. The van der Waals surface area contributed by atoms with Crippen molar-refractivity contribution in [2.75, 3.05) is 39.3 Å². The van der Waals surface area contributed by atoms with Crippen molar-refractivity contribution in [3.8, 4) is 0 Å². The van der Waals surface area contributed by atoms with Crippen molar-refractivity contribution in [2.24, 2.45) is 4.99 Å². The van der Waals surface area contributed by atoms with E-state index < -0.39 is 12.6 Å². The lowest BCUT2D eigenvalue weighted by Crippen LogP contribution is -2.50. The Morgan fingerprint density at radius 3 is 2.74 bits per heavy atom. The molecule has 2 saturated heterocycles. The number of fused-ring (bicyclic) bond motifs is 1. The van der Waals surface area contributed by atoms with Crippen LogP contribution in [-0.4, -0.2) is 73.4 Å². The molecule has 0 aromatic heterocycles. The molecule has 3 rings (SSSR count). The maximum absolute atomic E-state index is 12.4. The lowest BCUT2D eigenvalue weighted by molar-refractivity contribution is -0.132. The molecule has 150 valence electrons. The number of ether oxygens (including phenoxy) is 1. The average Bonchev–Trinajstić information content (AvgIpc) is 3.06. The Kier molecular flexibility index (Phi) is 6.59. The number of benzene rings is 1. The summed E-state index contributed by atoms with van der Waals surface area (Å²) in [5.74, 6) is 0.541. The van der Waals surface area contributed by atoms with Crippen LogP contribution in [0, 0.1) is 0 Å². The first-order valence-corrected chi connectivity index (χ1v) is 9.46. The number of guanidine groups is 1. The van der Waals surface area contributed by atoms with Crippen molar-refractivity contribution in [3.63, 3.8) is 0 Å². The molecule has 8 heteroatoms. The third kappa shape index (κ3) is 5.59. The number of rotatable bonds is 5. The third-order valence-corrected chi connectivity index (χ3v) is 4.94. The van der Waals surface area contributed by atoms with E-state index in [4.69, 9.17) is 4.74 Å². The van der Waals surface area contributed by atoms with Gasteiger partial charge in [-0.25, -0.2) is 0 Å². The van der Waals surface area contributed by atoms with Crippen molar-refractivity contribution in [1.29, 1.82) is 0 Å². The molecule has 2 unspecified atom stereocenters. The summed E-state index contributed by atoms with van der Waals surface area (Å²) in [6.07, 6.45) is -5.04. The zero-order chi connectivity index (χ0) is 19.3. The summed E-state index contributed by atoms with van der Waals surface area (Å²) in [4.78, 5) is 8.62. The molecule has 0 saturated carbocycles. The Balaban J connectivity index is 1.65. The Morgan fingerprint density at radius 1 is 1.26 bits per heavy atom. The van der Waals surface area contributed by atoms with Crippen molar-refractivity contribution in [3.05, 3.63) is 35.9 Å². The van der Waals surface area contributed by atoms with Crippen LogP contribution in [0.4, 0.5) is 13.2 Å². The number of nitrogens with zero attached hydrogens (tertiary/aromatic N) is 3. The molecular formula is C19H27F3N4O. The predicted octanol–water partition coefficient (Wildman–Crippen LogP) is 2.49. The van der Waals surface area contributed by atoms with Gasteiger partial charge in [0.2, 0.25) is 0 Å². The molecule has 0 radical (unpaired) electrons. The van der Waals surface area contributed by atoms with E-state index in [9.17, 15) is 13.2 Å². The van der Waals surface area contributed by atoms with Gasteiger partial charge in [0, 0.05) is 32.7 Å². The van der Waals surface area contributed by atoms with Crippen LogP contribution in [0.1, 0.15) is 18.9 Å². The van der Waals surface area contributed by atoms with E-state index in [1.54, 1.807) is 0 Å². The van der Waals surface area contributed by atoms with Crippen LogP contribution in [0.25, 0.3) is 0 Å². The van der Waals surface area contributed by atoms with Gasteiger partial charge < -0.3 is 15.0 Å². The first-order valence-electron chi connectivity index (χ1n) is 9.46. The summed E-state index contributed by atoms with van der Waals surface area (Å²) in [6.45, 7) is 6.00. The molecule has 2 fully saturated rings. The van der Waals surface area contributed by atoms with Crippen molar-refractivity contribution in [1.82, 2.24) is 15.1 Å². The van der Waals surface area contributed by atoms with Crippen LogP contribution in [0.5, 0.6) is 0 Å². The fourth-order valence-corrected chi connectivity index (χ4v) is 3.66. The summed E-state index contributed by atoms with van der Waals surface area (Å²) in [5, 5.41) is 3.12. The minimum Gasteiger partial charge on any atom is -0.373 e. The van der Waals surface area contributed by atoms with Gasteiger partial charge in [-0.1, -0.05) is 30.3 Å². The molecule has 27 heavy (non-hydrogen) atoms. The molecule has 0 spiro atoms. The second-order valence-corrected chi connectivity index (χ2v) is 6.94. The van der Waals surface area contributed by atoms with Gasteiger partial charge in [0.05, 0.1) is 31.7 Å². The van der Waals surface area contributed by atoms with Gasteiger partial charge in [-0.2, -0.15) is 13.2 Å². The topological polar surface area (TPSA) is 40.1 Å². The van der Waals surface area contributed by atoms with E-state index in [-0.39, 0.29) is 18.7 Å². The van der Waals surface area contributed by atoms with Gasteiger partial charge in [0.25, 0.3) is 0 Å². The summed E-state index contributed by atoms with van der Waals surface area (Å²) in [7, 11) is 0. The largest absolute Gasteiger partial charge is 0.390 e. The Morgan fingerprint density at radius 2 is 2.04 bits per heavy atom. The van der Waals surface area contributed by atoms with Gasteiger partial charge in [0.1, 0.15) is 0 Å². The molecule has 2 heterocycles. The number of likely N-dealkylation sites (tertiary alicyclic amines) is 1. The summed E-state index contributed by atoms with van der Waals surface area (Å²) < 4.78 is 43.3. The van der Waals surface area contributed by atoms with Gasteiger partial charge in [0.15, 0.2) is 5.96 Å². The van der Waals surface area contributed by atoms with E-state index >= 15 is 0 Å². The Bertz CT molecular complexity index is 623.